The lowest BCUT2D eigenvalue weighted by molar-refractivity contribution is -0.141. The maximum absolute atomic E-state index is 12.0. The Bertz CT molecular complexity index is 873. The second-order valence-electron chi connectivity index (χ2n) is 5.58. The highest BCUT2D eigenvalue weighted by molar-refractivity contribution is 8.00. The van der Waals surface area contributed by atoms with Crippen molar-refractivity contribution < 1.29 is 9.53 Å². The Labute approximate surface area is 149 Å². The van der Waals surface area contributed by atoms with Gasteiger partial charge in [-0.05, 0) is 31.9 Å². The molecule has 0 atom stereocenters. The summed E-state index contributed by atoms with van der Waals surface area (Å²) >= 11 is 3.06. The first-order chi connectivity index (χ1) is 11.5. The Morgan fingerprint density at radius 1 is 1.17 bits per heavy atom. The highest BCUT2D eigenvalue weighted by Crippen LogP contribution is 2.34. The smallest absolute Gasteiger partial charge is 0.316 e. The first kappa shape index (κ1) is 16.9. The Balaban J connectivity index is 1.61. The van der Waals surface area contributed by atoms with Crippen LogP contribution in [0.5, 0.6) is 0 Å². The molecule has 0 unspecified atom stereocenters. The van der Waals surface area contributed by atoms with Crippen molar-refractivity contribution in [1.29, 1.82) is 0 Å². The zero-order chi connectivity index (χ0) is 17.1. The van der Waals surface area contributed by atoms with Crippen molar-refractivity contribution >= 4 is 39.3 Å². The van der Waals surface area contributed by atoms with Crippen LogP contribution >= 0.6 is 23.1 Å². The summed E-state index contributed by atoms with van der Waals surface area (Å²) in [5.41, 5.74) is 3.37. The van der Waals surface area contributed by atoms with E-state index in [1.165, 1.54) is 27.8 Å². The van der Waals surface area contributed by atoms with Gasteiger partial charge in [0.05, 0.1) is 5.75 Å². The van der Waals surface area contributed by atoms with Crippen LogP contribution in [-0.2, 0) is 16.1 Å². The van der Waals surface area contributed by atoms with E-state index in [0.29, 0.717) is 6.61 Å². The molecule has 2 aromatic heterocycles. The fourth-order valence-electron chi connectivity index (χ4n) is 2.28. The largest absolute Gasteiger partial charge is 0.460 e. The predicted octanol–water partition coefficient (Wildman–Crippen LogP) is 4.45. The van der Waals surface area contributed by atoms with Crippen molar-refractivity contribution in [3.05, 3.63) is 52.2 Å². The first-order valence-electron chi connectivity index (χ1n) is 7.59. The molecule has 0 amide bonds. The van der Waals surface area contributed by atoms with Gasteiger partial charge in [0.2, 0.25) is 0 Å². The number of hydrogen-bond acceptors (Lipinski definition) is 6. The van der Waals surface area contributed by atoms with E-state index in [-0.39, 0.29) is 11.7 Å². The van der Waals surface area contributed by atoms with E-state index in [1.807, 2.05) is 31.2 Å². The minimum absolute atomic E-state index is 0.239. The van der Waals surface area contributed by atoms with Gasteiger partial charge in [0.15, 0.2) is 0 Å². The van der Waals surface area contributed by atoms with Gasteiger partial charge in [0.1, 0.15) is 22.8 Å². The summed E-state index contributed by atoms with van der Waals surface area (Å²) in [6, 6.07) is 7.97. The monoisotopic (exact) mass is 358 g/mol. The van der Waals surface area contributed by atoms with Gasteiger partial charge in [-0.25, -0.2) is 9.97 Å². The van der Waals surface area contributed by atoms with E-state index in [0.717, 1.165) is 20.8 Å². The van der Waals surface area contributed by atoms with Crippen molar-refractivity contribution in [2.75, 3.05) is 5.75 Å². The molecule has 0 aliphatic rings. The Kier molecular flexibility index (Phi) is 5.16. The zero-order valence-electron chi connectivity index (χ0n) is 13.8. The van der Waals surface area contributed by atoms with Crippen LogP contribution < -0.4 is 0 Å². The number of thiophene rings is 1. The second-order valence-corrected chi connectivity index (χ2v) is 7.74. The van der Waals surface area contributed by atoms with Crippen molar-refractivity contribution in [3.8, 4) is 0 Å². The lowest BCUT2D eigenvalue weighted by Gasteiger charge is -2.06. The summed E-state index contributed by atoms with van der Waals surface area (Å²) in [5, 5.41) is 1.89. The number of esters is 1. The van der Waals surface area contributed by atoms with E-state index in [4.69, 9.17) is 4.74 Å². The molecule has 0 N–H and O–H groups in total. The zero-order valence-corrected chi connectivity index (χ0v) is 15.5. The van der Waals surface area contributed by atoms with Gasteiger partial charge in [0, 0.05) is 10.3 Å². The molecule has 124 valence electrons. The summed E-state index contributed by atoms with van der Waals surface area (Å²) in [4.78, 5) is 22.8. The fourth-order valence-corrected chi connectivity index (χ4v) is 4.19. The Hall–Kier alpha value is -1.92. The molecule has 24 heavy (non-hydrogen) atoms. The molecule has 3 aromatic rings. The van der Waals surface area contributed by atoms with E-state index in [2.05, 4.69) is 23.8 Å². The number of ether oxygens (including phenoxy) is 1. The third kappa shape index (κ3) is 3.76. The average molecular weight is 358 g/mol. The van der Waals surface area contributed by atoms with Crippen LogP contribution in [0.15, 0.2) is 35.6 Å². The van der Waals surface area contributed by atoms with Crippen LogP contribution in [0.25, 0.3) is 10.2 Å². The van der Waals surface area contributed by atoms with Crippen molar-refractivity contribution in [3.63, 3.8) is 0 Å². The molecular formula is C18H18N2O2S2. The fraction of sp³-hybridized carbons (Fsp3) is 0.278. The number of thioether (sulfide) groups is 1. The number of carbonyl (C=O) groups excluding carboxylic acids is 1. The van der Waals surface area contributed by atoms with Gasteiger partial charge < -0.3 is 4.74 Å². The first-order valence-corrected chi connectivity index (χ1v) is 9.39. The van der Waals surface area contributed by atoms with Crippen molar-refractivity contribution in [1.82, 2.24) is 9.97 Å². The number of rotatable bonds is 5. The van der Waals surface area contributed by atoms with Gasteiger partial charge in [0.25, 0.3) is 0 Å². The quantitative estimate of drug-likeness (QED) is 0.383. The van der Waals surface area contributed by atoms with Gasteiger partial charge in [-0.3, -0.25) is 4.79 Å². The minimum Gasteiger partial charge on any atom is -0.460 e. The predicted molar refractivity (Wildman–Crippen MR) is 98.6 cm³/mol. The molecule has 0 radical (unpaired) electrons. The Morgan fingerprint density at radius 2 is 1.92 bits per heavy atom. The molecule has 4 nitrogen and oxygen atoms in total. The molecule has 2 heterocycles. The molecule has 0 aliphatic carbocycles. The number of hydrogen-bond donors (Lipinski definition) is 0. The second kappa shape index (κ2) is 7.32. The third-order valence-electron chi connectivity index (χ3n) is 3.78. The van der Waals surface area contributed by atoms with E-state index in [1.54, 1.807) is 17.7 Å². The molecule has 0 aliphatic heterocycles. The number of aryl methyl sites for hydroxylation is 3. The molecule has 0 saturated heterocycles. The highest BCUT2D eigenvalue weighted by Gasteiger charge is 2.14. The standard InChI is InChI=1S/C18H18N2O2S2/c1-11-4-6-14(7-5-11)8-22-15(21)9-23-17-16-12(2)13(3)24-18(16)20-10-19-17/h4-7,10H,8-9H2,1-3H3. The molecule has 0 bridgehead atoms. The summed E-state index contributed by atoms with van der Waals surface area (Å²) in [6.45, 7) is 6.47. The van der Waals surface area contributed by atoms with Gasteiger partial charge in [-0.15, -0.1) is 11.3 Å². The van der Waals surface area contributed by atoms with Crippen LogP contribution in [0.3, 0.4) is 0 Å². The normalized spacial score (nSPS) is 11.0. The summed E-state index contributed by atoms with van der Waals surface area (Å²) in [7, 11) is 0. The summed E-state index contributed by atoms with van der Waals surface area (Å²) < 4.78 is 5.34. The van der Waals surface area contributed by atoms with E-state index in [9.17, 15) is 4.79 Å². The van der Waals surface area contributed by atoms with Crippen molar-refractivity contribution in [2.45, 2.75) is 32.4 Å². The molecule has 0 saturated carbocycles. The molecular weight excluding hydrogens is 340 g/mol. The van der Waals surface area contributed by atoms with E-state index < -0.39 is 0 Å². The summed E-state index contributed by atoms with van der Waals surface area (Å²) in [5.74, 6) is 0.00343. The SMILES string of the molecule is Cc1ccc(COC(=O)CSc2ncnc3sc(C)c(C)c23)cc1. The lowest BCUT2D eigenvalue weighted by atomic mass is 10.2. The van der Waals surface area contributed by atoms with Crippen LogP contribution in [0.4, 0.5) is 0 Å². The number of carbonyl (C=O) groups is 1. The van der Waals surface area contributed by atoms with E-state index >= 15 is 0 Å². The average Bonchev–Trinajstić information content (AvgIpc) is 2.87. The van der Waals surface area contributed by atoms with Crippen LogP contribution in [0, 0.1) is 20.8 Å². The highest BCUT2D eigenvalue weighted by atomic mass is 32.2. The number of fused-ring (bicyclic) bond motifs is 1. The van der Waals surface area contributed by atoms with Crippen LogP contribution in [-0.4, -0.2) is 21.7 Å². The third-order valence-corrected chi connectivity index (χ3v) is 5.86. The van der Waals surface area contributed by atoms with Crippen molar-refractivity contribution in [2.24, 2.45) is 0 Å². The minimum atomic E-state index is -0.239. The van der Waals surface area contributed by atoms with Gasteiger partial charge in [-0.1, -0.05) is 41.6 Å². The molecule has 1 aromatic carbocycles. The number of aromatic nitrogens is 2. The maximum Gasteiger partial charge on any atom is 0.316 e. The number of nitrogens with zero attached hydrogens (tertiary/aromatic N) is 2. The molecule has 0 fully saturated rings. The van der Waals surface area contributed by atoms with Gasteiger partial charge >= 0.3 is 5.97 Å². The Morgan fingerprint density at radius 3 is 2.67 bits per heavy atom. The summed E-state index contributed by atoms with van der Waals surface area (Å²) in [6.07, 6.45) is 1.55. The molecule has 6 heteroatoms. The molecule has 0 spiro atoms. The maximum atomic E-state index is 12.0. The van der Waals surface area contributed by atoms with Crippen LogP contribution in [0.2, 0.25) is 0 Å². The molecule has 3 rings (SSSR count). The number of benzene rings is 1. The topological polar surface area (TPSA) is 52.1 Å². The van der Waals surface area contributed by atoms with Crippen LogP contribution in [0.1, 0.15) is 21.6 Å². The van der Waals surface area contributed by atoms with Gasteiger partial charge in [-0.2, -0.15) is 0 Å². The lowest BCUT2D eigenvalue weighted by Crippen LogP contribution is -2.07.